The summed E-state index contributed by atoms with van der Waals surface area (Å²) < 4.78 is 5.37. The van der Waals surface area contributed by atoms with E-state index in [1.54, 1.807) is 0 Å². The van der Waals surface area contributed by atoms with Crippen LogP contribution in [0.1, 0.15) is 168 Å². The van der Waals surface area contributed by atoms with E-state index in [1.165, 1.54) is 96.3 Å². The van der Waals surface area contributed by atoms with E-state index in [9.17, 15) is 14.4 Å². The van der Waals surface area contributed by atoms with Gasteiger partial charge in [-0.2, -0.15) is 0 Å². The molecule has 0 unspecified atom stereocenters. The first kappa shape index (κ1) is 35.4. The first-order valence-electron chi connectivity index (χ1n) is 15.7. The number of aliphatic carboxylic acids is 1. The number of carboxylic acid groups (broad SMARTS) is 1. The summed E-state index contributed by atoms with van der Waals surface area (Å²) >= 11 is 0. The molecule has 0 aromatic carbocycles. The van der Waals surface area contributed by atoms with Gasteiger partial charge in [0, 0.05) is 12.8 Å². The first-order valence-corrected chi connectivity index (χ1v) is 15.7. The molecule has 0 aliphatic carbocycles. The van der Waals surface area contributed by atoms with Crippen molar-refractivity contribution >= 4 is 17.8 Å². The van der Waals surface area contributed by atoms with Crippen molar-refractivity contribution in [3.63, 3.8) is 0 Å². The summed E-state index contributed by atoms with van der Waals surface area (Å²) in [4.78, 5) is 35.8. The van der Waals surface area contributed by atoms with Gasteiger partial charge >= 0.3 is 11.9 Å². The van der Waals surface area contributed by atoms with Crippen LogP contribution >= 0.6 is 0 Å². The van der Waals surface area contributed by atoms with Gasteiger partial charge in [0.25, 0.3) is 0 Å². The van der Waals surface area contributed by atoms with E-state index in [1.807, 2.05) is 0 Å². The molecule has 0 aliphatic rings. The summed E-state index contributed by atoms with van der Waals surface area (Å²) in [5.74, 6) is -1.68. The van der Waals surface area contributed by atoms with Crippen molar-refractivity contribution < 1.29 is 24.2 Å². The van der Waals surface area contributed by atoms with Gasteiger partial charge in [0.2, 0.25) is 5.91 Å². The van der Waals surface area contributed by atoms with Gasteiger partial charge in [0.05, 0.1) is 6.61 Å². The number of esters is 1. The molecule has 0 radical (unpaired) electrons. The van der Waals surface area contributed by atoms with Crippen LogP contribution in [-0.2, 0) is 19.1 Å². The molecule has 0 aromatic rings. The maximum atomic E-state index is 12.5. The molecule has 6 nitrogen and oxygen atoms in total. The number of unbranched alkanes of at least 4 members (excludes halogenated alkanes) is 19. The summed E-state index contributed by atoms with van der Waals surface area (Å²) in [6, 6.07) is -0.876. The summed E-state index contributed by atoms with van der Waals surface area (Å²) in [7, 11) is 0. The second kappa shape index (κ2) is 27.4. The molecular formula is C31H59NO5. The number of hydrogen-bond donors (Lipinski definition) is 2. The lowest BCUT2D eigenvalue weighted by atomic mass is 10.0. The minimum Gasteiger partial charge on any atom is -0.481 e. The molecule has 1 amide bonds. The Balaban J connectivity index is 3.95. The van der Waals surface area contributed by atoms with Crippen LogP contribution in [0.4, 0.5) is 0 Å². The molecule has 2 N–H and O–H groups in total. The third kappa shape index (κ3) is 25.8. The van der Waals surface area contributed by atoms with Crippen molar-refractivity contribution in [2.75, 3.05) is 6.61 Å². The molecule has 0 rings (SSSR count). The van der Waals surface area contributed by atoms with Crippen LogP contribution < -0.4 is 5.32 Å². The standard InChI is InChI=1S/C31H59NO5/c1-3-5-7-9-11-13-15-16-18-20-22-24-29(33)32-28(25-26-30(34)35)31(36)37-27-23-21-19-17-14-12-10-8-6-4-2/h28H,3-27H2,1-2H3,(H,32,33)(H,34,35)/t28-/m0/s1. The number of amides is 1. The fourth-order valence-corrected chi connectivity index (χ4v) is 4.60. The van der Waals surface area contributed by atoms with Crippen molar-refractivity contribution in [2.24, 2.45) is 0 Å². The van der Waals surface area contributed by atoms with E-state index in [0.29, 0.717) is 13.0 Å². The molecule has 0 bridgehead atoms. The topological polar surface area (TPSA) is 92.7 Å². The number of carboxylic acids is 1. The number of hydrogen-bond acceptors (Lipinski definition) is 4. The van der Waals surface area contributed by atoms with Crippen LogP contribution in [0.3, 0.4) is 0 Å². The average molecular weight is 526 g/mol. The largest absolute Gasteiger partial charge is 0.481 e. The zero-order valence-electron chi connectivity index (χ0n) is 24.3. The predicted octanol–water partition coefficient (Wildman–Crippen LogP) is 8.50. The van der Waals surface area contributed by atoms with Gasteiger partial charge in [0.15, 0.2) is 0 Å². The Kier molecular flexibility index (Phi) is 26.3. The average Bonchev–Trinajstić information content (AvgIpc) is 2.88. The van der Waals surface area contributed by atoms with Crippen molar-refractivity contribution in [1.82, 2.24) is 5.32 Å². The lowest BCUT2D eigenvalue weighted by Crippen LogP contribution is -2.42. The van der Waals surface area contributed by atoms with Gasteiger partial charge < -0.3 is 15.2 Å². The Labute approximate surface area is 228 Å². The molecule has 0 saturated carbocycles. The molecule has 37 heavy (non-hydrogen) atoms. The van der Waals surface area contributed by atoms with Gasteiger partial charge in [-0.3, -0.25) is 9.59 Å². The molecule has 0 spiro atoms. The van der Waals surface area contributed by atoms with Crippen molar-refractivity contribution in [2.45, 2.75) is 174 Å². The molecule has 0 heterocycles. The third-order valence-corrected chi connectivity index (χ3v) is 7.02. The summed E-state index contributed by atoms with van der Waals surface area (Å²) in [5, 5.41) is 11.7. The third-order valence-electron chi connectivity index (χ3n) is 7.02. The highest BCUT2D eigenvalue weighted by Crippen LogP contribution is 2.13. The fraction of sp³-hybridized carbons (Fsp3) is 0.903. The van der Waals surface area contributed by atoms with Crippen molar-refractivity contribution in [1.29, 1.82) is 0 Å². The highest BCUT2D eigenvalue weighted by molar-refractivity contribution is 5.84. The molecule has 6 heteroatoms. The molecule has 218 valence electrons. The Morgan fingerprint density at radius 1 is 0.595 bits per heavy atom. The van der Waals surface area contributed by atoms with Crippen LogP contribution in [0.5, 0.6) is 0 Å². The molecule has 0 aromatic heterocycles. The van der Waals surface area contributed by atoms with E-state index >= 15 is 0 Å². The Morgan fingerprint density at radius 2 is 1.00 bits per heavy atom. The monoisotopic (exact) mass is 525 g/mol. The summed E-state index contributed by atoms with van der Waals surface area (Å²) in [5.41, 5.74) is 0. The van der Waals surface area contributed by atoms with Crippen LogP contribution in [0.15, 0.2) is 0 Å². The number of carbonyl (C=O) groups excluding carboxylic acids is 2. The maximum Gasteiger partial charge on any atom is 0.328 e. The van der Waals surface area contributed by atoms with Gasteiger partial charge in [-0.05, 0) is 19.3 Å². The normalized spacial score (nSPS) is 11.8. The number of ether oxygens (including phenoxy) is 1. The minimum absolute atomic E-state index is 0.0657. The smallest absolute Gasteiger partial charge is 0.328 e. The molecule has 0 saturated heterocycles. The van der Waals surface area contributed by atoms with E-state index in [4.69, 9.17) is 9.84 Å². The van der Waals surface area contributed by atoms with E-state index in [-0.39, 0.29) is 18.7 Å². The number of nitrogens with one attached hydrogen (secondary N) is 1. The molecular weight excluding hydrogens is 466 g/mol. The van der Waals surface area contributed by atoms with Crippen molar-refractivity contribution in [3.05, 3.63) is 0 Å². The fourth-order valence-electron chi connectivity index (χ4n) is 4.60. The van der Waals surface area contributed by atoms with Crippen LogP contribution in [0.25, 0.3) is 0 Å². The summed E-state index contributed by atoms with van der Waals surface area (Å²) in [6.07, 6.45) is 25.7. The molecule has 0 fully saturated rings. The summed E-state index contributed by atoms with van der Waals surface area (Å²) in [6.45, 7) is 4.80. The van der Waals surface area contributed by atoms with E-state index in [2.05, 4.69) is 19.2 Å². The quantitative estimate of drug-likeness (QED) is 0.0789. The van der Waals surface area contributed by atoms with Crippen LogP contribution in [-0.4, -0.2) is 35.6 Å². The molecule has 1 atom stereocenters. The second-order valence-corrected chi connectivity index (χ2v) is 10.7. The maximum absolute atomic E-state index is 12.5. The SMILES string of the molecule is CCCCCCCCCCCCCC(=O)N[C@@H](CCC(=O)O)C(=O)OCCCCCCCCCCCC. The zero-order chi connectivity index (χ0) is 27.4. The lowest BCUT2D eigenvalue weighted by Gasteiger charge is -2.17. The zero-order valence-corrected chi connectivity index (χ0v) is 24.3. The minimum atomic E-state index is -0.980. The first-order chi connectivity index (χ1) is 18.0. The Morgan fingerprint density at radius 3 is 1.43 bits per heavy atom. The number of rotatable bonds is 28. The second-order valence-electron chi connectivity index (χ2n) is 10.7. The predicted molar refractivity (Wildman–Crippen MR) is 153 cm³/mol. The van der Waals surface area contributed by atoms with Gasteiger partial charge in [-0.25, -0.2) is 4.79 Å². The molecule has 0 aliphatic heterocycles. The van der Waals surface area contributed by atoms with E-state index < -0.39 is 18.0 Å². The lowest BCUT2D eigenvalue weighted by molar-refractivity contribution is -0.148. The van der Waals surface area contributed by atoms with Crippen LogP contribution in [0.2, 0.25) is 0 Å². The van der Waals surface area contributed by atoms with Crippen LogP contribution in [0, 0.1) is 0 Å². The van der Waals surface area contributed by atoms with Gasteiger partial charge in [-0.1, -0.05) is 136 Å². The Bertz CT molecular complexity index is 552. The van der Waals surface area contributed by atoms with Gasteiger partial charge in [-0.15, -0.1) is 0 Å². The van der Waals surface area contributed by atoms with E-state index in [0.717, 1.165) is 38.5 Å². The highest BCUT2D eigenvalue weighted by atomic mass is 16.5. The Hall–Kier alpha value is -1.59. The van der Waals surface area contributed by atoms with Gasteiger partial charge in [0.1, 0.15) is 6.04 Å². The van der Waals surface area contributed by atoms with Crippen molar-refractivity contribution in [3.8, 4) is 0 Å². The highest BCUT2D eigenvalue weighted by Gasteiger charge is 2.23. The number of carbonyl (C=O) groups is 3.